The van der Waals surface area contributed by atoms with Crippen LogP contribution in [0.1, 0.15) is 11.3 Å². The van der Waals surface area contributed by atoms with Crippen molar-refractivity contribution < 1.29 is 9.29 Å². The van der Waals surface area contributed by atoms with Crippen molar-refractivity contribution in [1.82, 2.24) is 9.97 Å². The maximum absolute atomic E-state index is 12.7. The largest absolute Gasteiger partial charge is 0.588 e. The highest BCUT2D eigenvalue weighted by atomic mass is 32.2. The fourth-order valence-electron chi connectivity index (χ4n) is 2.58. The molecule has 0 aliphatic carbocycles. The molecule has 1 aromatic heterocycles. The Bertz CT molecular complexity index is 873. The molecule has 5 nitrogen and oxygen atoms in total. The van der Waals surface area contributed by atoms with Gasteiger partial charge in [0.25, 0.3) is 5.95 Å². The van der Waals surface area contributed by atoms with Crippen LogP contribution in [0.3, 0.4) is 0 Å². The van der Waals surface area contributed by atoms with E-state index in [-0.39, 0.29) is 0 Å². The average Bonchev–Trinajstić information content (AvgIpc) is 2.93. The second-order valence-corrected chi connectivity index (χ2v) is 6.84. The molecule has 0 spiro atoms. The average molecular weight is 337 g/mol. The van der Waals surface area contributed by atoms with Crippen molar-refractivity contribution in [2.24, 2.45) is 0 Å². The molecular formula is C18H15N3O2S. The van der Waals surface area contributed by atoms with Crippen LogP contribution in [0.2, 0.25) is 0 Å². The van der Waals surface area contributed by atoms with Crippen LogP contribution in [0.15, 0.2) is 65.6 Å². The van der Waals surface area contributed by atoms with E-state index in [0.717, 1.165) is 16.2 Å². The van der Waals surface area contributed by atoms with Crippen molar-refractivity contribution in [2.45, 2.75) is 18.4 Å². The molecule has 1 aliphatic rings. The number of aromatic nitrogens is 2. The SMILES string of the molecule is Cc1cc(Oc2ccccc2)nc(N2Cc3ccccc3[S+]2[O-])n1. The molecule has 1 atom stereocenters. The number of nitrogens with zero attached hydrogens (tertiary/aromatic N) is 3. The van der Waals surface area contributed by atoms with Gasteiger partial charge < -0.3 is 9.29 Å². The van der Waals surface area contributed by atoms with E-state index in [4.69, 9.17) is 4.74 Å². The molecule has 0 fully saturated rings. The van der Waals surface area contributed by atoms with Crippen LogP contribution in [0.4, 0.5) is 5.95 Å². The lowest BCUT2D eigenvalue weighted by Gasteiger charge is -2.17. The molecule has 0 radical (unpaired) electrons. The Morgan fingerprint density at radius 1 is 1.04 bits per heavy atom. The van der Waals surface area contributed by atoms with Gasteiger partial charge in [-0.1, -0.05) is 36.4 Å². The molecule has 0 saturated carbocycles. The summed E-state index contributed by atoms with van der Waals surface area (Å²) in [6.45, 7) is 2.40. The standard InChI is InChI=1S/C18H15N3O2S/c1-13-11-17(23-15-8-3-2-4-9-15)20-18(19-13)21-12-14-7-5-6-10-16(14)24(21)22/h2-11H,12H2,1H3. The molecule has 0 amide bonds. The molecule has 2 aromatic carbocycles. The lowest BCUT2D eigenvalue weighted by molar-refractivity contribution is 0.461. The molecule has 6 heteroatoms. The topological polar surface area (TPSA) is 61.3 Å². The molecule has 0 N–H and O–H groups in total. The first-order valence-electron chi connectivity index (χ1n) is 7.56. The van der Waals surface area contributed by atoms with Crippen LogP contribution in [-0.4, -0.2) is 14.5 Å². The zero-order valence-electron chi connectivity index (χ0n) is 13.0. The van der Waals surface area contributed by atoms with Gasteiger partial charge in [-0.15, -0.1) is 4.31 Å². The van der Waals surface area contributed by atoms with Gasteiger partial charge in [0.2, 0.25) is 5.88 Å². The summed E-state index contributed by atoms with van der Waals surface area (Å²) in [4.78, 5) is 9.69. The van der Waals surface area contributed by atoms with Crippen molar-refractivity contribution in [3.63, 3.8) is 0 Å². The monoisotopic (exact) mass is 337 g/mol. The third-order valence-electron chi connectivity index (χ3n) is 3.68. The van der Waals surface area contributed by atoms with Crippen LogP contribution < -0.4 is 9.04 Å². The second kappa shape index (κ2) is 6.14. The molecule has 3 aromatic rings. The highest BCUT2D eigenvalue weighted by molar-refractivity contribution is 7.93. The fraction of sp³-hybridized carbons (Fsp3) is 0.111. The summed E-state index contributed by atoms with van der Waals surface area (Å²) in [5.41, 5.74) is 1.80. The van der Waals surface area contributed by atoms with Gasteiger partial charge in [-0.2, -0.15) is 4.98 Å². The minimum Gasteiger partial charge on any atom is -0.588 e. The zero-order chi connectivity index (χ0) is 16.5. The summed E-state index contributed by atoms with van der Waals surface area (Å²) in [6.07, 6.45) is 0. The summed E-state index contributed by atoms with van der Waals surface area (Å²) in [6, 6.07) is 18.9. The number of anilines is 1. The van der Waals surface area contributed by atoms with E-state index in [1.54, 1.807) is 10.4 Å². The maximum atomic E-state index is 12.7. The molecule has 1 unspecified atom stereocenters. The normalized spacial score (nSPS) is 16.1. The Hall–Kier alpha value is -2.57. The van der Waals surface area contributed by atoms with E-state index in [2.05, 4.69) is 9.97 Å². The summed E-state index contributed by atoms with van der Waals surface area (Å²) in [5.74, 6) is 1.56. The minimum absolute atomic E-state index is 0.412. The third-order valence-corrected chi connectivity index (χ3v) is 5.15. The first-order chi connectivity index (χ1) is 11.7. The summed E-state index contributed by atoms with van der Waals surface area (Å²) in [7, 11) is 0. The Morgan fingerprint density at radius 3 is 2.58 bits per heavy atom. The number of fused-ring (bicyclic) bond motifs is 1. The number of hydrogen-bond acceptors (Lipinski definition) is 5. The molecule has 1 aliphatic heterocycles. The van der Waals surface area contributed by atoms with E-state index in [0.29, 0.717) is 24.1 Å². The van der Waals surface area contributed by atoms with Crippen molar-refractivity contribution in [3.8, 4) is 11.6 Å². The van der Waals surface area contributed by atoms with Gasteiger partial charge in [0, 0.05) is 17.3 Å². The van der Waals surface area contributed by atoms with Crippen molar-refractivity contribution in [3.05, 3.63) is 71.9 Å². The smallest absolute Gasteiger partial charge is 0.272 e. The molecule has 0 bridgehead atoms. The fourth-order valence-corrected chi connectivity index (χ4v) is 3.85. The Labute approximate surface area is 143 Å². The van der Waals surface area contributed by atoms with Crippen LogP contribution >= 0.6 is 0 Å². The number of rotatable bonds is 3. The van der Waals surface area contributed by atoms with Crippen LogP contribution in [0, 0.1) is 6.92 Å². The molecule has 2 heterocycles. The van der Waals surface area contributed by atoms with Gasteiger partial charge in [0.1, 0.15) is 17.1 Å². The summed E-state index contributed by atoms with van der Waals surface area (Å²) >= 11 is -1.30. The van der Waals surface area contributed by atoms with Crippen LogP contribution in [-0.2, 0) is 17.9 Å². The van der Waals surface area contributed by atoms with Gasteiger partial charge in [-0.05, 0) is 25.1 Å². The number of benzene rings is 2. The minimum atomic E-state index is -1.30. The highest BCUT2D eigenvalue weighted by Gasteiger charge is 2.36. The predicted octanol–water partition coefficient (Wildman–Crippen LogP) is 3.62. The third kappa shape index (κ3) is 2.81. The van der Waals surface area contributed by atoms with E-state index < -0.39 is 11.4 Å². The van der Waals surface area contributed by atoms with Gasteiger partial charge >= 0.3 is 0 Å². The lowest BCUT2D eigenvalue weighted by Crippen LogP contribution is -2.26. The van der Waals surface area contributed by atoms with Gasteiger partial charge in [-0.25, -0.2) is 4.98 Å². The van der Waals surface area contributed by atoms with E-state index in [9.17, 15) is 4.55 Å². The molecular weight excluding hydrogens is 322 g/mol. The first-order valence-corrected chi connectivity index (χ1v) is 8.67. The lowest BCUT2D eigenvalue weighted by atomic mass is 10.2. The van der Waals surface area contributed by atoms with E-state index in [1.165, 1.54) is 0 Å². The number of ether oxygens (including phenoxy) is 1. The summed E-state index contributed by atoms with van der Waals surface area (Å²) < 4.78 is 20.2. The highest BCUT2D eigenvalue weighted by Crippen LogP contribution is 2.33. The predicted molar refractivity (Wildman–Crippen MR) is 92.3 cm³/mol. The van der Waals surface area contributed by atoms with Crippen LogP contribution in [0.25, 0.3) is 0 Å². The Kier molecular flexibility index (Phi) is 3.84. The molecule has 0 saturated heterocycles. The zero-order valence-corrected chi connectivity index (χ0v) is 13.9. The van der Waals surface area contributed by atoms with Gasteiger partial charge in [0.05, 0.1) is 6.54 Å². The number of hydrogen-bond donors (Lipinski definition) is 0. The van der Waals surface area contributed by atoms with Crippen molar-refractivity contribution in [1.29, 1.82) is 0 Å². The quantitative estimate of drug-likeness (QED) is 0.683. The molecule has 4 rings (SSSR count). The van der Waals surface area contributed by atoms with Crippen LogP contribution in [0.5, 0.6) is 11.6 Å². The second-order valence-electron chi connectivity index (χ2n) is 5.46. The van der Waals surface area contributed by atoms with Gasteiger partial charge in [-0.3, -0.25) is 0 Å². The Morgan fingerprint density at radius 2 is 1.79 bits per heavy atom. The molecule has 120 valence electrons. The number of aryl methyl sites for hydroxylation is 1. The van der Waals surface area contributed by atoms with Crippen molar-refractivity contribution in [2.75, 3.05) is 4.31 Å². The van der Waals surface area contributed by atoms with E-state index in [1.807, 2.05) is 61.5 Å². The Balaban J connectivity index is 1.65. The van der Waals surface area contributed by atoms with Crippen molar-refractivity contribution >= 4 is 17.3 Å². The maximum Gasteiger partial charge on any atom is 0.272 e. The first kappa shape index (κ1) is 15.0. The number of para-hydroxylation sites is 1. The van der Waals surface area contributed by atoms with Gasteiger partial charge in [0.15, 0.2) is 4.90 Å². The van der Waals surface area contributed by atoms with E-state index >= 15 is 0 Å². The summed E-state index contributed by atoms with van der Waals surface area (Å²) in [5, 5.41) is 0. The molecule has 24 heavy (non-hydrogen) atoms.